The number of hydrogen-bond donors (Lipinski definition) is 1. The van der Waals surface area contributed by atoms with Crippen LogP contribution in [-0.2, 0) is 17.4 Å². The fourth-order valence-electron chi connectivity index (χ4n) is 1.95. The number of hydrogen-bond acceptors (Lipinski definition) is 1. The van der Waals surface area contributed by atoms with Crippen LogP contribution in [0.25, 0.3) is 0 Å². The minimum absolute atomic E-state index is 0.00935. The van der Waals surface area contributed by atoms with Crippen LogP contribution in [0.15, 0.2) is 24.3 Å². The molecule has 92 valence electrons. The van der Waals surface area contributed by atoms with E-state index in [1.165, 1.54) is 12.1 Å². The average molecular weight is 243 g/mol. The molecule has 1 saturated heterocycles. The molecule has 0 radical (unpaired) electrons. The molecule has 1 aliphatic heterocycles. The summed E-state index contributed by atoms with van der Waals surface area (Å²) in [6.07, 6.45) is -3.05. The molecule has 2 rings (SSSR count). The van der Waals surface area contributed by atoms with Crippen LogP contribution in [0.2, 0.25) is 0 Å². The third-order valence-corrected chi connectivity index (χ3v) is 2.93. The maximum atomic E-state index is 12.3. The van der Waals surface area contributed by atoms with Gasteiger partial charge in [0.1, 0.15) is 0 Å². The van der Waals surface area contributed by atoms with E-state index in [0.29, 0.717) is 13.0 Å². The molecule has 1 heterocycles. The number of benzene rings is 1. The van der Waals surface area contributed by atoms with Gasteiger partial charge < -0.3 is 5.32 Å². The van der Waals surface area contributed by atoms with Gasteiger partial charge in [-0.05, 0) is 30.5 Å². The monoisotopic (exact) mass is 243 g/mol. The molecule has 0 bridgehead atoms. The van der Waals surface area contributed by atoms with Gasteiger partial charge in [0.05, 0.1) is 5.56 Å². The van der Waals surface area contributed by atoms with Gasteiger partial charge in [0.2, 0.25) is 5.91 Å². The highest BCUT2D eigenvalue weighted by Gasteiger charge is 2.30. The predicted molar refractivity (Wildman–Crippen MR) is 56.3 cm³/mol. The van der Waals surface area contributed by atoms with Crippen molar-refractivity contribution in [3.05, 3.63) is 35.4 Å². The molecule has 1 aromatic carbocycles. The second-order valence-electron chi connectivity index (χ2n) is 4.18. The van der Waals surface area contributed by atoms with Gasteiger partial charge in [-0.2, -0.15) is 13.2 Å². The van der Waals surface area contributed by atoms with Crippen molar-refractivity contribution in [2.75, 3.05) is 6.54 Å². The molecule has 1 N–H and O–H groups in total. The third kappa shape index (κ3) is 2.78. The first kappa shape index (κ1) is 12.0. The van der Waals surface area contributed by atoms with Crippen LogP contribution in [0.5, 0.6) is 0 Å². The van der Waals surface area contributed by atoms with Gasteiger partial charge in [0.15, 0.2) is 0 Å². The summed E-state index contributed by atoms with van der Waals surface area (Å²) in [4.78, 5) is 11.3. The predicted octanol–water partition coefficient (Wildman–Crippen LogP) is 2.38. The molecule has 5 heteroatoms. The van der Waals surface area contributed by atoms with Crippen LogP contribution >= 0.6 is 0 Å². The molecule has 0 aliphatic carbocycles. The Balaban J connectivity index is 2.06. The molecule has 17 heavy (non-hydrogen) atoms. The molecule has 1 aliphatic rings. The summed E-state index contributed by atoms with van der Waals surface area (Å²) < 4.78 is 37.0. The normalized spacial score (nSPS) is 20.4. The molecule has 2 nitrogen and oxygen atoms in total. The minimum atomic E-state index is -4.30. The van der Waals surface area contributed by atoms with Crippen molar-refractivity contribution in [2.45, 2.75) is 19.0 Å². The van der Waals surface area contributed by atoms with Crippen molar-refractivity contribution in [3.8, 4) is 0 Å². The highest BCUT2D eigenvalue weighted by Crippen LogP contribution is 2.29. The fourth-order valence-corrected chi connectivity index (χ4v) is 1.95. The fraction of sp³-hybridized carbons (Fsp3) is 0.417. The maximum Gasteiger partial charge on any atom is 0.416 e. The lowest BCUT2D eigenvalue weighted by atomic mass is 9.97. The van der Waals surface area contributed by atoms with E-state index in [1.807, 2.05) is 0 Å². The third-order valence-electron chi connectivity index (χ3n) is 2.93. The molecule has 1 amide bonds. The molecule has 0 spiro atoms. The van der Waals surface area contributed by atoms with Crippen molar-refractivity contribution in [1.82, 2.24) is 5.32 Å². The van der Waals surface area contributed by atoms with Gasteiger partial charge >= 0.3 is 6.18 Å². The molecule has 1 fully saturated rings. The molecule has 0 aromatic heterocycles. The molecule has 0 saturated carbocycles. The first-order valence-corrected chi connectivity index (χ1v) is 5.40. The van der Waals surface area contributed by atoms with E-state index in [9.17, 15) is 18.0 Å². The zero-order valence-corrected chi connectivity index (χ0v) is 9.05. The first-order valence-electron chi connectivity index (χ1n) is 5.40. The Labute approximate surface area is 96.8 Å². The number of alkyl halides is 3. The molecule has 0 unspecified atom stereocenters. The molecular formula is C12H12F3NO. The Bertz CT molecular complexity index is 411. The Morgan fingerprint density at radius 1 is 1.24 bits per heavy atom. The van der Waals surface area contributed by atoms with Crippen molar-refractivity contribution >= 4 is 5.91 Å². The summed E-state index contributed by atoms with van der Waals surface area (Å²) >= 11 is 0. The van der Waals surface area contributed by atoms with Gasteiger partial charge in [0.25, 0.3) is 0 Å². The van der Waals surface area contributed by atoms with Crippen LogP contribution in [0.1, 0.15) is 17.5 Å². The van der Waals surface area contributed by atoms with Crippen LogP contribution in [0.3, 0.4) is 0 Å². The quantitative estimate of drug-likeness (QED) is 0.849. The molecule has 1 atom stereocenters. The zero-order chi connectivity index (χ0) is 12.5. The number of carbonyl (C=O) groups excluding carboxylic acids is 1. The first-order chi connectivity index (χ1) is 7.97. The van der Waals surface area contributed by atoms with E-state index in [1.54, 1.807) is 0 Å². The standard InChI is InChI=1S/C12H12F3NO/c13-12(14,15)10-3-1-8(2-4-10)7-9-5-6-16-11(9)17/h1-4,9H,5-7H2,(H,16,17)/t9-/m1/s1. The van der Waals surface area contributed by atoms with Crippen LogP contribution in [0, 0.1) is 5.92 Å². The number of amides is 1. The number of rotatable bonds is 2. The van der Waals surface area contributed by atoms with Gasteiger partial charge in [-0.25, -0.2) is 0 Å². The lowest BCUT2D eigenvalue weighted by molar-refractivity contribution is -0.137. The number of halogens is 3. The van der Waals surface area contributed by atoms with E-state index in [4.69, 9.17) is 0 Å². The Kier molecular flexibility index (Phi) is 3.09. The summed E-state index contributed by atoms with van der Waals surface area (Å²) in [5.41, 5.74) is 0.108. The average Bonchev–Trinajstić information content (AvgIpc) is 2.64. The maximum absolute atomic E-state index is 12.3. The van der Waals surface area contributed by atoms with Gasteiger partial charge in [-0.3, -0.25) is 4.79 Å². The van der Waals surface area contributed by atoms with Crippen LogP contribution < -0.4 is 5.32 Å². The lowest BCUT2D eigenvalue weighted by Gasteiger charge is -2.09. The summed E-state index contributed by atoms with van der Waals surface area (Å²) in [6.45, 7) is 0.657. The van der Waals surface area contributed by atoms with E-state index >= 15 is 0 Å². The number of carbonyl (C=O) groups is 1. The van der Waals surface area contributed by atoms with Crippen molar-refractivity contribution in [3.63, 3.8) is 0 Å². The highest BCUT2D eigenvalue weighted by molar-refractivity contribution is 5.80. The smallest absolute Gasteiger partial charge is 0.356 e. The van der Waals surface area contributed by atoms with Crippen molar-refractivity contribution in [1.29, 1.82) is 0 Å². The highest BCUT2D eigenvalue weighted by atomic mass is 19.4. The Morgan fingerprint density at radius 2 is 1.88 bits per heavy atom. The summed E-state index contributed by atoms with van der Waals surface area (Å²) in [7, 11) is 0. The van der Waals surface area contributed by atoms with Crippen LogP contribution in [0.4, 0.5) is 13.2 Å². The van der Waals surface area contributed by atoms with Crippen molar-refractivity contribution < 1.29 is 18.0 Å². The second-order valence-corrected chi connectivity index (χ2v) is 4.18. The summed E-state index contributed by atoms with van der Waals surface area (Å²) in [6, 6.07) is 4.99. The van der Waals surface area contributed by atoms with E-state index in [2.05, 4.69) is 5.32 Å². The topological polar surface area (TPSA) is 29.1 Å². The van der Waals surface area contributed by atoms with Gasteiger partial charge in [0, 0.05) is 12.5 Å². The van der Waals surface area contributed by atoms with Gasteiger partial charge in [-0.15, -0.1) is 0 Å². The molecule has 1 aromatic rings. The van der Waals surface area contributed by atoms with Gasteiger partial charge in [-0.1, -0.05) is 12.1 Å². The zero-order valence-electron chi connectivity index (χ0n) is 9.05. The van der Waals surface area contributed by atoms with Crippen LogP contribution in [-0.4, -0.2) is 12.5 Å². The summed E-state index contributed by atoms with van der Waals surface area (Å²) in [5, 5.41) is 2.71. The largest absolute Gasteiger partial charge is 0.416 e. The Hall–Kier alpha value is -1.52. The molecular weight excluding hydrogens is 231 g/mol. The minimum Gasteiger partial charge on any atom is -0.356 e. The van der Waals surface area contributed by atoms with E-state index < -0.39 is 11.7 Å². The SMILES string of the molecule is O=C1NCC[C@@H]1Cc1ccc(C(F)(F)F)cc1. The second kappa shape index (κ2) is 4.39. The van der Waals surface area contributed by atoms with E-state index in [0.717, 1.165) is 24.1 Å². The Morgan fingerprint density at radius 3 is 2.35 bits per heavy atom. The lowest BCUT2D eigenvalue weighted by Crippen LogP contribution is -2.20. The van der Waals surface area contributed by atoms with Crippen molar-refractivity contribution in [2.24, 2.45) is 5.92 Å². The van der Waals surface area contributed by atoms with E-state index in [-0.39, 0.29) is 11.8 Å². The number of nitrogens with one attached hydrogen (secondary N) is 1. The summed E-state index contributed by atoms with van der Waals surface area (Å²) in [5.74, 6) is -0.114.